The minimum atomic E-state index is -0.583. The lowest BCUT2D eigenvalue weighted by molar-refractivity contribution is -0.544. The molecule has 26 heavy (non-hydrogen) atoms. The summed E-state index contributed by atoms with van der Waals surface area (Å²) in [5.74, 6) is -0.269. The van der Waals surface area contributed by atoms with Crippen LogP contribution in [0.15, 0.2) is 18.2 Å². The average Bonchev–Trinajstić information content (AvgIpc) is 2.71. The van der Waals surface area contributed by atoms with Crippen LogP contribution in [-0.2, 0) is 27.3 Å². The molecule has 1 atom stereocenters. The fourth-order valence-electron chi connectivity index (χ4n) is 2.91. The van der Waals surface area contributed by atoms with Crippen molar-refractivity contribution in [1.29, 1.82) is 0 Å². The van der Waals surface area contributed by atoms with E-state index < -0.39 is 16.9 Å². The van der Waals surface area contributed by atoms with Gasteiger partial charge in [-0.3, -0.25) is 9.59 Å². The number of benzene rings is 1. The van der Waals surface area contributed by atoms with Crippen LogP contribution in [0.3, 0.4) is 0 Å². The van der Waals surface area contributed by atoms with Gasteiger partial charge in [-0.1, -0.05) is 6.07 Å². The van der Waals surface area contributed by atoms with Crippen molar-refractivity contribution in [3.8, 4) is 5.75 Å². The molecule has 9 heteroatoms. The number of amides is 1. The van der Waals surface area contributed by atoms with Gasteiger partial charge in [0.05, 0.1) is 32.6 Å². The minimum Gasteiger partial charge on any atom is -0.494 e. The zero-order valence-corrected chi connectivity index (χ0v) is 14.9. The first-order chi connectivity index (χ1) is 12.4. The molecule has 0 fully saturated rings. The second kappa shape index (κ2) is 9.02. The first-order valence-corrected chi connectivity index (χ1v) is 8.35. The summed E-state index contributed by atoms with van der Waals surface area (Å²) in [6.45, 7) is 1.01. The molecule has 1 aliphatic rings. The highest BCUT2D eigenvalue weighted by Crippen LogP contribution is 2.27. The number of methoxy groups -OCH3 is 1. The molecule has 1 aromatic carbocycles. The Morgan fingerprint density at radius 2 is 2.19 bits per heavy atom. The maximum atomic E-state index is 12.5. The second-order valence-electron chi connectivity index (χ2n) is 6.17. The normalized spacial score (nSPS) is 16.5. The van der Waals surface area contributed by atoms with Crippen molar-refractivity contribution in [2.75, 3.05) is 27.3 Å². The van der Waals surface area contributed by atoms with E-state index in [1.165, 1.54) is 7.11 Å². The fourth-order valence-corrected chi connectivity index (χ4v) is 2.91. The Labute approximate surface area is 151 Å². The summed E-state index contributed by atoms with van der Waals surface area (Å²) >= 11 is 0. The molecule has 1 N–H and O–H groups in total. The molecule has 142 valence electrons. The maximum Gasteiger partial charge on any atom is 0.306 e. The topological polar surface area (TPSA) is 111 Å². The maximum absolute atomic E-state index is 12.5. The molecule has 0 spiro atoms. The van der Waals surface area contributed by atoms with Gasteiger partial charge in [-0.15, -0.1) is 5.43 Å². The summed E-state index contributed by atoms with van der Waals surface area (Å²) in [5.41, 5.74) is 4.05. The van der Waals surface area contributed by atoms with E-state index >= 15 is 0 Å². The molecule has 0 radical (unpaired) electrons. The number of rotatable bonds is 8. The van der Waals surface area contributed by atoms with E-state index in [1.54, 1.807) is 11.9 Å². The van der Waals surface area contributed by atoms with Gasteiger partial charge in [0, 0.05) is 20.0 Å². The second-order valence-corrected chi connectivity index (χ2v) is 6.17. The lowest BCUT2D eigenvalue weighted by Crippen LogP contribution is -2.32. The third kappa shape index (κ3) is 5.33. The van der Waals surface area contributed by atoms with Crippen molar-refractivity contribution in [1.82, 2.24) is 10.3 Å². The lowest BCUT2D eigenvalue weighted by Gasteiger charge is -2.19. The van der Waals surface area contributed by atoms with Crippen molar-refractivity contribution in [3.05, 3.63) is 39.4 Å². The van der Waals surface area contributed by atoms with Gasteiger partial charge < -0.3 is 14.4 Å². The van der Waals surface area contributed by atoms with Gasteiger partial charge in [0.25, 0.3) is 0 Å². The Morgan fingerprint density at radius 1 is 1.42 bits per heavy atom. The van der Waals surface area contributed by atoms with Crippen molar-refractivity contribution in [2.45, 2.75) is 25.8 Å². The molecule has 0 aromatic heterocycles. The number of ether oxygens (including phenoxy) is 2. The number of carbonyl (C=O) groups is 2. The summed E-state index contributed by atoms with van der Waals surface area (Å²) < 4.78 is 10.3. The van der Waals surface area contributed by atoms with Crippen LogP contribution in [0.25, 0.3) is 0 Å². The van der Waals surface area contributed by atoms with Gasteiger partial charge >= 0.3 is 5.97 Å². The minimum absolute atomic E-state index is 0.0564. The van der Waals surface area contributed by atoms with Crippen LogP contribution in [-0.4, -0.2) is 49.1 Å². The highest BCUT2D eigenvalue weighted by molar-refractivity contribution is 5.84. The average molecular weight is 365 g/mol. The van der Waals surface area contributed by atoms with Gasteiger partial charge in [0.2, 0.25) is 5.91 Å². The predicted octanol–water partition coefficient (Wildman–Crippen LogP) is 0.931. The van der Waals surface area contributed by atoms with E-state index in [0.29, 0.717) is 31.7 Å². The van der Waals surface area contributed by atoms with Crippen molar-refractivity contribution in [3.63, 3.8) is 0 Å². The number of carbonyl (C=O) groups excluding carboxylic acids is 2. The number of nitrogens with zero attached hydrogens (tertiary/aromatic N) is 2. The van der Waals surface area contributed by atoms with Crippen molar-refractivity contribution >= 4 is 11.9 Å². The molecule has 0 saturated carbocycles. The highest BCUT2D eigenvalue weighted by atomic mass is 16.7. The molecule has 1 heterocycles. The van der Waals surface area contributed by atoms with Gasteiger partial charge in [-0.2, -0.15) is 0 Å². The number of hydrogen-bond acceptors (Lipinski definition) is 6. The third-order valence-corrected chi connectivity index (χ3v) is 4.25. The Hall–Kier alpha value is -2.84. The first kappa shape index (κ1) is 19.5. The van der Waals surface area contributed by atoms with E-state index in [1.807, 2.05) is 18.2 Å². The molecule has 2 rings (SSSR count). The van der Waals surface area contributed by atoms with Crippen LogP contribution in [0.5, 0.6) is 5.75 Å². The van der Waals surface area contributed by atoms with Crippen LogP contribution in [0.2, 0.25) is 0 Å². The molecule has 1 aromatic rings. The molecule has 1 unspecified atom stereocenters. The molecular formula is C17H23N3O6. The standard InChI is InChI=1S/C17H23N3O6/c1-19-11-14-9-15(26-7-3-6-18-20(23)24)5-4-12(14)8-13(17(19)22)10-16(21)25-2/h4-5,9,13,18H,3,6-8,10-11H2,1-2H3. The number of nitrogens with one attached hydrogen (secondary N) is 1. The third-order valence-electron chi connectivity index (χ3n) is 4.25. The van der Waals surface area contributed by atoms with Gasteiger partial charge in [-0.25, -0.2) is 10.1 Å². The molecule has 0 saturated heterocycles. The van der Waals surface area contributed by atoms with E-state index in [9.17, 15) is 19.7 Å². The van der Waals surface area contributed by atoms with E-state index in [4.69, 9.17) is 4.74 Å². The quantitative estimate of drug-likeness (QED) is 0.316. The number of hydrazine groups is 1. The van der Waals surface area contributed by atoms with Gasteiger partial charge in [0.1, 0.15) is 5.75 Å². The summed E-state index contributed by atoms with van der Waals surface area (Å²) in [6, 6.07) is 5.59. The van der Waals surface area contributed by atoms with E-state index in [0.717, 1.165) is 11.1 Å². The number of fused-ring (bicyclic) bond motifs is 1. The first-order valence-electron chi connectivity index (χ1n) is 8.35. The molecule has 9 nitrogen and oxygen atoms in total. The molecule has 0 aliphatic carbocycles. The van der Waals surface area contributed by atoms with Gasteiger partial charge in [-0.05, 0) is 29.7 Å². The van der Waals surface area contributed by atoms with Crippen LogP contribution >= 0.6 is 0 Å². The summed E-state index contributed by atoms with van der Waals surface area (Å²) in [4.78, 5) is 35.8. The number of hydrogen-bond donors (Lipinski definition) is 1. The zero-order chi connectivity index (χ0) is 19.1. The van der Waals surface area contributed by atoms with E-state index in [-0.39, 0.29) is 18.9 Å². The Bertz CT molecular complexity index is 678. The van der Waals surface area contributed by atoms with Crippen molar-refractivity contribution < 1.29 is 24.1 Å². The van der Waals surface area contributed by atoms with Crippen molar-refractivity contribution in [2.24, 2.45) is 5.92 Å². The molecule has 1 amide bonds. The number of esters is 1. The smallest absolute Gasteiger partial charge is 0.306 e. The van der Waals surface area contributed by atoms with Crippen LogP contribution in [0.1, 0.15) is 24.0 Å². The Morgan fingerprint density at radius 3 is 2.88 bits per heavy atom. The molecule has 1 aliphatic heterocycles. The van der Waals surface area contributed by atoms with Crippen LogP contribution in [0.4, 0.5) is 0 Å². The summed E-state index contributed by atoms with van der Waals surface area (Å²) in [7, 11) is 3.02. The summed E-state index contributed by atoms with van der Waals surface area (Å²) in [6.07, 6.45) is 1.03. The largest absolute Gasteiger partial charge is 0.494 e. The molecule has 0 bridgehead atoms. The Balaban J connectivity index is 2.02. The predicted molar refractivity (Wildman–Crippen MR) is 91.9 cm³/mol. The zero-order valence-electron chi connectivity index (χ0n) is 14.9. The Kier molecular flexibility index (Phi) is 6.76. The number of nitro groups is 1. The van der Waals surface area contributed by atoms with Crippen LogP contribution < -0.4 is 10.2 Å². The SMILES string of the molecule is COC(=O)CC1Cc2ccc(OCCCN[N+](=O)[O-])cc2CN(C)C1=O. The summed E-state index contributed by atoms with van der Waals surface area (Å²) in [5, 5.41) is 9.60. The van der Waals surface area contributed by atoms with E-state index in [2.05, 4.69) is 10.2 Å². The molecular weight excluding hydrogens is 342 g/mol. The van der Waals surface area contributed by atoms with Crippen LogP contribution in [0, 0.1) is 16.0 Å². The lowest BCUT2D eigenvalue weighted by atomic mass is 9.94. The van der Waals surface area contributed by atoms with Gasteiger partial charge in [0.15, 0.2) is 5.03 Å². The fraction of sp³-hybridized carbons (Fsp3) is 0.529. The highest BCUT2D eigenvalue weighted by Gasteiger charge is 2.29. The monoisotopic (exact) mass is 365 g/mol.